The van der Waals surface area contributed by atoms with Crippen LogP contribution in [0.15, 0.2) is 24.5 Å². The van der Waals surface area contributed by atoms with Gasteiger partial charge in [-0.15, -0.1) is 11.3 Å². The van der Waals surface area contributed by atoms with Crippen molar-refractivity contribution >= 4 is 17.6 Å². The Hall–Kier alpha value is -2.78. The topological polar surface area (TPSA) is 99.4 Å². The summed E-state index contributed by atoms with van der Waals surface area (Å²) in [5.74, 6) is 1.86. The molecule has 0 aliphatic carbocycles. The van der Waals surface area contributed by atoms with E-state index in [2.05, 4.69) is 23.9 Å². The van der Waals surface area contributed by atoms with Crippen molar-refractivity contribution in [3.63, 3.8) is 0 Å². The lowest BCUT2D eigenvalue weighted by atomic mass is 10.1. The number of fused-ring (bicyclic) bond motifs is 3. The summed E-state index contributed by atoms with van der Waals surface area (Å²) in [7, 11) is 0. The van der Waals surface area contributed by atoms with E-state index < -0.39 is 6.10 Å². The first-order chi connectivity index (χ1) is 13.6. The molecule has 3 aromatic rings. The Bertz CT molecular complexity index is 998. The van der Waals surface area contributed by atoms with Crippen LogP contribution in [0.3, 0.4) is 0 Å². The van der Waals surface area contributed by atoms with Crippen LogP contribution in [0.25, 0.3) is 22.1 Å². The number of hydrogen-bond acceptors (Lipinski definition) is 8. The van der Waals surface area contributed by atoms with Gasteiger partial charge in [0.2, 0.25) is 0 Å². The molecular formula is C19H20N4O4S. The van der Waals surface area contributed by atoms with Crippen molar-refractivity contribution in [2.45, 2.75) is 32.4 Å². The number of aldehydes is 1. The molecule has 1 aliphatic heterocycles. The van der Waals surface area contributed by atoms with Crippen molar-refractivity contribution in [1.82, 2.24) is 19.7 Å². The average molecular weight is 400 g/mol. The molecule has 146 valence electrons. The zero-order chi connectivity index (χ0) is 19.7. The Morgan fingerprint density at radius 3 is 3.04 bits per heavy atom. The van der Waals surface area contributed by atoms with Gasteiger partial charge in [-0.25, -0.2) is 14.6 Å². The maximum absolute atomic E-state index is 10.9. The lowest BCUT2D eigenvalue weighted by molar-refractivity contribution is -0.115. The number of carbonyl (C=O) groups is 1. The van der Waals surface area contributed by atoms with E-state index in [-0.39, 0.29) is 12.6 Å². The molecule has 0 spiro atoms. The Labute approximate surface area is 165 Å². The fourth-order valence-electron chi connectivity index (χ4n) is 3.04. The van der Waals surface area contributed by atoms with Crippen molar-refractivity contribution in [3.8, 4) is 33.6 Å². The standard InChI is InChI=1S/C19H20N4O4S/c1-11(2)23-18(20-10-21-23)19-22-17-14-4-3-12(27-13(8-24)9-25)7-15(14)26-6-5-16(17)28-19/h3-4,7-8,10-11,13,25H,5-6,9H2,1-2H3. The predicted molar refractivity (Wildman–Crippen MR) is 104 cm³/mol. The van der Waals surface area contributed by atoms with Crippen LogP contribution < -0.4 is 9.47 Å². The number of benzene rings is 1. The molecule has 0 radical (unpaired) electrons. The maximum atomic E-state index is 10.9. The molecule has 1 aliphatic rings. The summed E-state index contributed by atoms with van der Waals surface area (Å²) in [5.41, 5.74) is 1.73. The number of rotatable bonds is 6. The number of aliphatic hydroxyl groups excluding tert-OH is 1. The molecule has 1 atom stereocenters. The van der Waals surface area contributed by atoms with Crippen molar-refractivity contribution in [3.05, 3.63) is 29.4 Å². The van der Waals surface area contributed by atoms with E-state index in [0.717, 1.165) is 33.4 Å². The fraction of sp³-hybridized carbons (Fsp3) is 0.368. The third-order valence-electron chi connectivity index (χ3n) is 4.36. The number of carbonyl (C=O) groups excluding carboxylic acids is 1. The number of hydrogen-bond donors (Lipinski definition) is 1. The van der Waals surface area contributed by atoms with Gasteiger partial charge in [0.05, 0.1) is 18.9 Å². The van der Waals surface area contributed by atoms with E-state index in [1.807, 2.05) is 10.7 Å². The highest BCUT2D eigenvalue weighted by molar-refractivity contribution is 7.15. The maximum Gasteiger partial charge on any atom is 0.187 e. The van der Waals surface area contributed by atoms with Gasteiger partial charge in [-0.1, -0.05) is 0 Å². The van der Waals surface area contributed by atoms with Gasteiger partial charge in [0, 0.05) is 29.0 Å². The third kappa shape index (κ3) is 3.38. The van der Waals surface area contributed by atoms with Gasteiger partial charge in [0.15, 0.2) is 23.2 Å². The molecular weight excluding hydrogens is 380 g/mol. The zero-order valence-electron chi connectivity index (χ0n) is 15.5. The molecule has 1 unspecified atom stereocenters. The van der Waals surface area contributed by atoms with Gasteiger partial charge < -0.3 is 14.6 Å². The van der Waals surface area contributed by atoms with Gasteiger partial charge in [0.25, 0.3) is 0 Å². The van der Waals surface area contributed by atoms with Gasteiger partial charge in [0.1, 0.15) is 17.8 Å². The van der Waals surface area contributed by atoms with Crippen molar-refractivity contribution in [2.24, 2.45) is 0 Å². The van der Waals surface area contributed by atoms with E-state index >= 15 is 0 Å². The quantitative estimate of drug-likeness (QED) is 0.635. The number of ether oxygens (including phenoxy) is 2. The van der Waals surface area contributed by atoms with Crippen LogP contribution in [-0.4, -0.2) is 50.5 Å². The summed E-state index contributed by atoms with van der Waals surface area (Å²) >= 11 is 1.60. The van der Waals surface area contributed by atoms with Crippen LogP contribution >= 0.6 is 11.3 Å². The molecule has 1 aromatic carbocycles. The van der Waals surface area contributed by atoms with Crippen LogP contribution in [0.4, 0.5) is 0 Å². The van der Waals surface area contributed by atoms with E-state index in [0.29, 0.717) is 24.4 Å². The largest absolute Gasteiger partial charge is 0.492 e. The van der Waals surface area contributed by atoms with E-state index in [4.69, 9.17) is 19.6 Å². The molecule has 28 heavy (non-hydrogen) atoms. The summed E-state index contributed by atoms with van der Waals surface area (Å²) in [4.78, 5) is 21.3. The van der Waals surface area contributed by atoms with E-state index in [1.54, 1.807) is 29.8 Å². The molecule has 0 saturated carbocycles. The molecule has 0 amide bonds. The number of aliphatic hydroxyl groups is 1. The Kier molecular flexibility index (Phi) is 5.10. The molecule has 1 N–H and O–H groups in total. The number of thiazole rings is 1. The summed E-state index contributed by atoms with van der Waals surface area (Å²) in [5, 5.41) is 14.3. The second-order valence-electron chi connectivity index (χ2n) is 6.64. The minimum atomic E-state index is -0.896. The van der Waals surface area contributed by atoms with Gasteiger partial charge >= 0.3 is 0 Å². The summed E-state index contributed by atoms with van der Waals surface area (Å²) in [6, 6.07) is 5.53. The predicted octanol–water partition coefficient (Wildman–Crippen LogP) is 2.52. The lowest BCUT2D eigenvalue weighted by Gasteiger charge is -2.13. The van der Waals surface area contributed by atoms with Crippen LogP contribution in [0, 0.1) is 0 Å². The van der Waals surface area contributed by atoms with E-state index in [1.165, 1.54) is 0 Å². The molecule has 3 heterocycles. The summed E-state index contributed by atoms with van der Waals surface area (Å²) in [6.07, 6.45) is 1.96. The zero-order valence-corrected chi connectivity index (χ0v) is 16.3. The van der Waals surface area contributed by atoms with Crippen LogP contribution in [-0.2, 0) is 11.2 Å². The normalized spacial score (nSPS) is 14.0. The second kappa shape index (κ2) is 7.69. The molecule has 0 bridgehead atoms. The van der Waals surface area contributed by atoms with Crippen LogP contribution in [0.1, 0.15) is 24.8 Å². The molecule has 9 heteroatoms. The monoisotopic (exact) mass is 400 g/mol. The van der Waals surface area contributed by atoms with Crippen molar-refractivity contribution in [2.75, 3.05) is 13.2 Å². The summed E-state index contributed by atoms with van der Waals surface area (Å²) < 4.78 is 13.2. The fourth-order valence-corrected chi connectivity index (χ4v) is 4.08. The van der Waals surface area contributed by atoms with Gasteiger partial charge in [-0.05, 0) is 26.0 Å². The van der Waals surface area contributed by atoms with Crippen LogP contribution in [0.5, 0.6) is 11.5 Å². The third-order valence-corrected chi connectivity index (χ3v) is 5.48. The first kappa shape index (κ1) is 18.6. The highest BCUT2D eigenvalue weighted by atomic mass is 32.1. The highest BCUT2D eigenvalue weighted by Crippen LogP contribution is 2.41. The smallest absolute Gasteiger partial charge is 0.187 e. The molecule has 0 fully saturated rings. The highest BCUT2D eigenvalue weighted by Gasteiger charge is 2.24. The molecule has 8 nitrogen and oxygen atoms in total. The van der Waals surface area contributed by atoms with Crippen molar-refractivity contribution in [1.29, 1.82) is 0 Å². The average Bonchev–Trinajstić information content (AvgIpc) is 3.30. The minimum absolute atomic E-state index is 0.189. The van der Waals surface area contributed by atoms with Crippen LogP contribution in [0.2, 0.25) is 0 Å². The molecule has 2 aromatic heterocycles. The molecule has 4 rings (SSSR count). The van der Waals surface area contributed by atoms with E-state index in [9.17, 15) is 4.79 Å². The number of aromatic nitrogens is 4. The summed E-state index contributed by atoms with van der Waals surface area (Å²) in [6.45, 7) is 4.25. The van der Waals surface area contributed by atoms with Gasteiger partial charge in [-0.2, -0.15) is 5.10 Å². The second-order valence-corrected chi connectivity index (χ2v) is 7.73. The number of nitrogens with zero attached hydrogens (tertiary/aromatic N) is 4. The molecule has 0 saturated heterocycles. The Balaban J connectivity index is 1.72. The first-order valence-electron chi connectivity index (χ1n) is 9.00. The van der Waals surface area contributed by atoms with Gasteiger partial charge in [-0.3, -0.25) is 4.79 Å². The SMILES string of the molecule is CC(C)n1ncnc1-c1nc2c(s1)CCOc1cc(OC(C=O)CO)ccc1-2. The Morgan fingerprint density at radius 2 is 2.29 bits per heavy atom. The Morgan fingerprint density at radius 1 is 1.43 bits per heavy atom. The first-order valence-corrected chi connectivity index (χ1v) is 9.82. The lowest BCUT2D eigenvalue weighted by Crippen LogP contribution is -2.22. The van der Waals surface area contributed by atoms with Crippen molar-refractivity contribution < 1.29 is 19.4 Å². The minimum Gasteiger partial charge on any atom is -0.492 e.